The summed E-state index contributed by atoms with van der Waals surface area (Å²) in [5.74, 6) is 0.227. The molecule has 1 aliphatic rings. The van der Waals surface area contributed by atoms with Gasteiger partial charge in [0.15, 0.2) is 0 Å². The van der Waals surface area contributed by atoms with E-state index >= 15 is 0 Å². The molecule has 0 aliphatic heterocycles. The Morgan fingerprint density at radius 3 is 2.85 bits per heavy atom. The van der Waals surface area contributed by atoms with E-state index in [0.29, 0.717) is 28.7 Å². The number of nitrogen functional groups attached to an aromatic ring is 1. The number of nitrogens with one attached hydrogen (secondary N) is 1. The van der Waals surface area contributed by atoms with Crippen LogP contribution in [0.1, 0.15) is 27.4 Å². The zero-order valence-corrected chi connectivity index (χ0v) is 11.7. The van der Waals surface area contributed by atoms with E-state index in [1.807, 2.05) is 12.1 Å². The van der Waals surface area contributed by atoms with Gasteiger partial charge >= 0.3 is 0 Å². The van der Waals surface area contributed by atoms with Gasteiger partial charge in [0.2, 0.25) is 0 Å². The van der Waals surface area contributed by atoms with Gasteiger partial charge in [-0.15, -0.1) is 0 Å². The Morgan fingerprint density at radius 2 is 2.05 bits per heavy atom. The van der Waals surface area contributed by atoms with E-state index in [1.54, 1.807) is 18.2 Å². The van der Waals surface area contributed by atoms with Gasteiger partial charge in [-0.25, -0.2) is 0 Å². The minimum absolute atomic E-state index is 0.172. The van der Waals surface area contributed by atoms with Crippen molar-refractivity contribution in [3.63, 3.8) is 0 Å². The SMILES string of the molecule is Nc1c(Cl)cccc1C(=O)NCC1Cc2ccccc21. The molecular formula is C16H15ClN2O. The molecule has 102 valence electrons. The topological polar surface area (TPSA) is 55.1 Å². The van der Waals surface area contributed by atoms with Crippen molar-refractivity contribution in [2.45, 2.75) is 12.3 Å². The lowest BCUT2D eigenvalue weighted by Gasteiger charge is -2.30. The van der Waals surface area contributed by atoms with Crippen molar-refractivity contribution in [1.29, 1.82) is 0 Å². The molecule has 1 amide bonds. The van der Waals surface area contributed by atoms with Crippen molar-refractivity contribution in [3.05, 3.63) is 64.2 Å². The van der Waals surface area contributed by atoms with Crippen LogP contribution in [0.15, 0.2) is 42.5 Å². The van der Waals surface area contributed by atoms with Crippen molar-refractivity contribution in [3.8, 4) is 0 Å². The standard InChI is InChI=1S/C16H15ClN2O/c17-14-7-3-6-13(15(14)18)16(20)19-9-11-8-10-4-1-2-5-12(10)11/h1-7,11H,8-9,18H2,(H,19,20). The fourth-order valence-electron chi connectivity index (χ4n) is 2.59. The molecule has 0 bridgehead atoms. The number of para-hydroxylation sites is 1. The minimum atomic E-state index is -0.172. The Morgan fingerprint density at radius 1 is 1.25 bits per heavy atom. The van der Waals surface area contributed by atoms with Crippen LogP contribution in [0.5, 0.6) is 0 Å². The Kier molecular flexibility index (Phi) is 3.36. The third-order valence-corrected chi connectivity index (χ3v) is 4.10. The van der Waals surface area contributed by atoms with E-state index in [9.17, 15) is 4.79 Å². The number of benzene rings is 2. The van der Waals surface area contributed by atoms with Crippen LogP contribution in [-0.2, 0) is 6.42 Å². The molecule has 0 spiro atoms. The van der Waals surface area contributed by atoms with E-state index in [1.165, 1.54) is 11.1 Å². The normalized spacial score (nSPS) is 16.1. The third kappa shape index (κ3) is 2.25. The molecule has 1 unspecified atom stereocenters. The molecule has 3 nitrogen and oxygen atoms in total. The summed E-state index contributed by atoms with van der Waals surface area (Å²) in [7, 11) is 0. The second kappa shape index (κ2) is 5.17. The van der Waals surface area contributed by atoms with Crippen LogP contribution in [0.25, 0.3) is 0 Å². The Hall–Kier alpha value is -2.00. The Bertz CT molecular complexity index is 669. The summed E-state index contributed by atoms with van der Waals surface area (Å²) in [6, 6.07) is 13.4. The molecular weight excluding hydrogens is 272 g/mol. The highest BCUT2D eigenvalue weighted by Crippen LogP contribution is 2.34. The first-order valence-corrected chi connectivity index (χ1v) is 6.94. The van der Waals surface area contributed by atoms with Crippen LogP contribution in [0.3, 0.4) is 0 Å². The van der Waals surface area contributed by atoms with Gasteiger partial charge in [-0.2, -0.15) is 0 Å². The predicted octanol–water partition coefficient (Wildman–Crippen LogP) is 2.99. The first-order chi connectivity index (χ1) is 9.66. The summed E-state index contributed by atoms with van der Waals surface area (Å²) in [6.45, 7) is 0.627. The van der Waals surface area contributed by atoms with Crippen LogP contribution in [0.4, 0.5) is 5.69 Å². The highest BCUT2D eigenvalue weighted by molar-refractivity contribution is 6.33. The second-order valence-electron chi connectivity index (χ2n) is 5.01. The zero-order valence-electron chi connectivity index (χ0n) is 10.9. The molecule has 4 heteroatoms. The molecule has 20 heavy (non-hydrogen) atoms. The van der Waals surface area contributed by atoms with Crippen LogP contribution < -0.4 is 11.1 Å². The average Bonchev–Trinajstić information content (AvgIpc) is 2.42. The lowest BCUT2D eigenvalue weighted by molar-refractivity contribution is 0.0951. The summed E-state index contributed by atoms with van der Waals surface area (Å²) >= 11 is 5.92. The number of amides is 1. The first kappa shape index (κ1) is 13.0. The predicted molar refractivity (Wildman–Crippen MR) is 81.1 cm³/mol. The van der Waals surface area contributed by atoms with Crippen LogP contribution in [-0.4, -0.2) is 12.5 Å². The van der Waals surface area contributed by atoms with Gasteiger partial charge < -0.3 is 11.1 Å². The first-order valence-electron chi connectivity index (χ1n) is 6.57. The number of carbonyl (C=O) groups excluding carboxylic acids is 1. The quantitative estimate of drug-likeness (QED) is 0.852. The van der Waals surface area contributed by atoms with Gasteiger partial charge in [-0.05, 0) is 29.7 Å². The molecule has 0 saturated carbocycles. The highest BCUT2D eigenvalue weighted by Gasteiger charge is 2.25. The van der Waals surface area contributed by atoms with Crippen molar-refractivity contribution in [2.75, 3.05) is 12.3 Å². The molecule has 0 aromatic heterocycles. The molecule has 3 N–H and O–H groups in total. The van der Waals surface area contributed by atoms with E-state index in [2.05, 4.69) is 17.4 Å². The van der Waals surface area contributed by atoms with Gasteiger partial charge in [0.05, 0.1) is 16.3 Å². The summed E-state index contributed by atoms with van der Waals surface area (Å²) in [5, 5.41) is 3.34. The maximum Gasteiger partial charge on any atom is 0.253 e. The fraction of sp³-hybridized carbons (Fsp3) is 0.188. The number of hydrogen-bond acceptors (Lipinski definition) is 2. The molecule has 1 aliphatic carbocycles. The third-order valence-electron chi connectivity index (χ3n) is 3.77. The Balaban J connectivity index is 1.65. The lowest BCUT2D eigenvalue weighted by atomic mass is 9.77. The number of anilines is 1. The molecule has 0 radical (unpaired) electrons. The molecule has 0 heterocycles. The summed E-state index contributed by atoms with van der Waals surface area (Å²) in [5.41, 5.74) is 9.28. The number of hydrogen-bond donors (Lipinski definition) is 2. The van der Waals surface area contributed by atoms with Gasteiger partial charge in [0.1, 0.15) is 0 Å². The number of fused-ring (bicyclic) bond motifs is 1. The van der Waals surface area contributed by atoms with Crippen molar-refractivity contribution in [1.82, 2.24) is 5.32 Å². The largest absolute Gasteiger partial charge is 0.397 e. The van der Waals surface area contributed by atoms with Crippen molar-refractivity contribution < 1.29 is 4.79 Å². The summed E-state index contributed by atoms with van der Waals surface area (Å²) < 4.78 is 0. The highest BCUT2D eigenvalue weighted by atomic mass is 35.5. The summed E-state index contributed by atoms with van der Waals surface area (Å²) in [6.07, 6.45) is 1.02. The number of rotatable bonds is 3. The molecule has 0 fully saturated rings. The maximum atomic E-state index is 12.1. The van der Waals surface area contributed by atoms with Crippen LogP contribution in [0.2, 0.25) is 5.02 Å². The van der Waals surface area contributed by atoms with Crippen LogP contribution >= 0.6 is 11.6 Å². The van der Waals surface area contributed by atoms with E-state index < -0.39 is 0 Å². The summed E-state index contributed by atoms with van der Waals surface area (Å²) in [4.78, 5) is 12.1. The van der Waals surface area contributed by atoms with E-state index in [0.717, 1.165) is 6.42 Å². The maximum absolute atomic E-state index is 12.1. The van der Waals surface area contributed by atoms with Crippen LogP contribution in [0, 0.1) is 0 Å². The fourth-order valence-corrected chi connectivity index (χ4v) is 2.77. The molecule has 2 aromatic rings. The number of nitrogens with two attached hydrogens (primary N) is 1. The van der Waals surface area contributed by atoms with Gasteiger partial charge in [-0.1, -0.05) is 41.9 Å². The molecule has 0 saturated heterocycles. The van der Waals surface area contributed by atoms with Gasteiger partial charge in [-0.3, -0.25) is 4.79 Å². The van der Waals surface area contributed by atoms with Crippen molar-refractivity contribution in [2.24, 2.45) is 0 Å². The Labute approximate surface area is 122 Å². The van der Waals surface area contributed by atoms with Gasteiger partial charge in [0, 0.05) is 12.5 Å². The van der Waals surface area contributed by atoms with Gasteiger partial charge in [0.25, 0.3) is 5.91 Å². The van der Waals surface area contributed by atoms with E-state index in [4.69, 9.17) is 17.3 Å². The minimum Gasteiger partial charge on any atom is -0.397 e. The van der Waals surface area contributed by atoms with E-state index in [-0.39, 0.29) is 5.91 Å². The second-order valence-corrected chi connectivity index (χ2v) is 5.42. The lowest BCUT2D eigenvalue weighted by Crippen LogP contribution is -2.33. The smallest absolute Gasteiger partial charge is 0.253 e. The monoisotopic (exact) mass is 286 g/mol. The van der Waals surface area contributed by atoms with Crippen molar-refractivity contribution >= 4 is 23.2 Å². The number of carbonyl (C=O) groups is 1. The average molecular weight is 287 g/mol. The molecule has 2 aromatic carbocycles. The molecule has 3 rings (SSSR count). The molecule has 1 atom stereocenters. The number of halogens is 1. The zero-order chi connectivity index (χ0) is 14.1.